The Hall–Kier alpha value is -1.52. The van der Waals surface area contributed by atoms with Crippen LogP contribution in [0.25, 0.3) is 0 Å². The van der Waals surface area contributed by atoms with Crippen LogP contribution in [0.2, 0.25) is 0 Å². The summed E-state index contributed by atoms with van der Waals surface area (Å²) in [5, 5.41) is 27.8. The van der Waals surface area contributed by atoms with Crippen LogP contribution in [0.3, 0.4) is 0 Å². The second-order valence-electron chi connectivity index (χ2n) is 4.49. The summed E-state index contributed by atoms with van der Waals surface area (Å²) in [5.41, 5.74) is 2.13. The quantitative estimate of drug-likeness (QED) is 0.507. The van der Waals surface area contributed by atoms with Crippen LogP contribution < -0.4 is 0 Å². The molecule has 19 heavy (non-hydrogen) atoms. The molecule has 1 aromatic carbocycles. The number of hydrogen-bond donors (Lipinski definition) is 3. The lowest BCUT2D eigenvalue weighted by atomic mass is 9.84. The molecule has 0 aliphatic heterocycles. The van der Waals surface area contributed by atoms with E-state index < -0.39 is 0 Å². The molecule has 0 aliphatic carbocycles. The molecule has 0 heterocycles. The van der Waals surface area contributed by atoms with Gasteiger partial charge in [0.2, 0.25) is 6.08 Å². The fourth-order valence-corrected chi connectivity index (χ4v) is 2.14. The van der Waals surface area contributed by atoms with Crippen LogP contribution in [-0.4, -0.2) is 41.2 Å². The Balaban J connectivity index is 3.10. The lowest BCUT2D eigenvalue weighted by molar-refractivity contribution is 0.132. The number of aliphatic hydroxyl groups is 3. The van der Waals surface area contributed by atoms with Gasteiger partial charge in [-0.15, -0.1) is 0 Å². The number of carbonyl (C=O) groups excluding carboxylic acids is 1. The minimum atomic E-state index is -0.293. The normalized spacial score (nSPS) is 13.7. The summed E-state index contributed by atoms with van der Waals surface area (Å²) in [6.45, 7) is 1.52. The number of hydrogen-bond acceptors (Lipinski definition) is 5. The summed E-state index contributed by atoms with van der Waals surface area (Å²) in [4.78, 5) is 14.0. The van der Waals surface area contributed by atoms with Gasteiger partial charge in [0.1, 0.15) is 0 Å². The van der Waals surface area contributed by atoms with Gasteiger partial charge >= 0.3 is 0 Å². The molecule has 2 atom stereocenters. The first-order valence-corrected chi connectivity index (χ1v) is 6.18. The van der Waals surface area contributed by atoms with Crippen molar-refractivity contribution in [1.29, 1.82) is 0 Å². The highest BCUT2D eigenvalue weighted by Gasteiger charge is 2.22. The van der Waals surface area contributed by atoms with Crippen molar-refractivity contribution in [3.05, 3.63) is 29.3 Å². The average Bonchev–Trinajstić information content (AvgIpc) is 2.42. The van der Waals surface area contributed by atoms with Gasteiger partial charge in [0, 0.05) is 19.1 Å². The van der Waals surface area contributed by atoms with Crippen LogP contribution in [0, 0.1) is 12.8 Å². The third-order valence-electron chi connectivity index (χ3n) is 3.33. The molecule has 1 aromatic rings. The van der Waals surface area contributed by atoms with Crippen molar-refractivity contribution in [3.63, 3.8) is 0 Å². The van der Waals surface area contributed by atoms with Gasteiger partial charge in [0.15, 0.2) is 0 Å². The van der Waals surface area contributed by atoms with Crippen LogP contribution in [0.1, 0.15) is 23.5 Å². The molecule has 0 aliphatic rings. The fourth-order valence-electron chi connectivity index (χ4n) is 2.14. The monoisotopic (exact) mass is 265 g/mol. The SMILES string of the molecule is Cc1ccc(C(CO)C(CO)CCO)cc1N=C=O. The molecular weight excluding hydrogens is 246 g/mol. The van der Waals surface area contributed by atoms with Crippen molar-refractivity contribution in [2.75, 3.05) is 19.8 Å². The lowest BCUT2D eigenvalue weighted by Crippen LogP contribution is -2.21. The Labute approximate surface area is 112 Å². The molecule has 3 N–H and O–H groups in total. The number of aryl methyl sites for hydroxylation is 1. The maximum Gasteiger partial charge on any atom is 0.240 e. The Morgan fingerprint density at radius 1 is 1.26 bits per heavy atom. The van der Waals surface area contributed by atoms with Gasteiger partial charge in [0.05, 0.1) is 12.3 Å². The van der Waals surface area contributed by atoms with Crippen LogP contribution in [0.4, 0.5) is 5.69 Å². The van der Waals surface area contributed by atoms with Crippen LogP contribution in [-0.2, 0) is 4.79 Å². The van der Waals surface area contributed by atoms with Gasteiger partial charge in [0.25, 0.3) is 0 Å². The van der Waals surface area contributed by atoms with Crippen LogP contribution >= 0.6 is 0 Å². The summed E-state index contributed by atoms with van der Waals surface area (Å²) in [5.74, 6) is -0.524. The summed E-state index contributed by atoms with van der Waals surface area (Å²) >= 11 is 0. The fraction of sp³-hybridized carbons (Fsp3) is 0.500. The first-order valence-electron chi connectivity index (χ1n) is 6.18. The maximum atomic E-state index is 10.4. The predicted octanol–water partition coefficient (Wildman–Crippen LogP) is 1.03. The minimum absolute atomic E-state index is 0.0487. The zero-order chi connectivity index (χ0) is 14.3. The number of isocyanates is 1. The van der Waals surface area contributed by atoms with E-state index in [1.807, 2.05) is 19.1 Å². The Kier molecular flexibility index (Phi) is 6.39. The molecule has 2 unspecified atom stereocenters. The van der Waals surface area contributed by atoms with Crippen LogP contribution in [0.15, 0.2) is 23.2 Å². The first kappa shape index (κ1) is 15.5. The molecule has 5 heteroatoms. The standard InChI is InChI=1S/C14H19NO4/c1-10-2-3-11(6-14(10)15-9-19)13(8-18)12(7-17)4-5-16/h2-3,6,12-13,16-18H,4-5,7-8H2,1H3. The van der Waals surface area contributed by atoms with Crippen molar-refractivity contribution in [1.82, 2.24) is 0 Å². The van der Waals surface area contributed by atoms with E-state index in [-0.39, 0.29) is 31.7 Å². The van der Waals surface area contributed by atoms with E-state index in [1.54, 1.807) is 6.07 Å². The predicted molar refractivity (Wildman–Crippen MR) is 71.1 cm³/mol. The highest BCUT2D eigenvalue weighted by Crippen LogP contribution is 2.30. The van der Waals surface area contributed by atoms with Crippen molar-refractivity contribution < 1.29 is 20.1 Å². The van der Waals surface area contributed by atoms with E-state index in [0.29, 0.717) is 12.1 Å². The zero-order valence-corrected chi connectivity index (χ0v) is 10.9. The largest absolute Gasteiger partial charge is 0.396 e. The minimum Gasteiger partial charge on any atom is -0.396 e. The number of rotatable bonds is 7. The summed E-state index contributed by atoms with van der Waals surface area (Å²) in [6, 6.07) is 5.35. The zero-order valence-electron chi connectivity index (χ0n) is 10.9. The molecule has 0 saturated heterocycles. The molecule has 1 rings (SSSR count). The smallest absolute Gasteiger partial charge is 0.240 e. The Bertz CT molecular complexity index is 455. The van der Waals surface area contributed by atoms with E-state index in [9.17, 15) is 15.0 Å². The van der Waals surface area contributed by atoms with Gasteiger partial charge in [-0.1, -0.05) is 12.1 Å². The Morgan fingerprint density at radius 2 is 2.00 bits per heavy atom. The lowest BCUT2D eigenvalue weighted by Gasteiger charge is -2.24. The van der Waals surface area contributed by atoms with Crippen molar-refractivity contribution in [3.8, 4) is 0 Å². The van der Waals surface area contributed by atoms with E-state index in [0.717, 1.165) is 11.1 Å². The molecule has 0 spiro atoms. The average molecular weight is 265 g/mol. The number of aliphatic hydroxyl groups excluding tert-OH is 3. The van der Waals surface area contributed by atoms with E-state index in [2.05, 4.69) is 4.99 Å². The molecule has 0 aromatic heterocycles. The molecule has 0 radical (unpaired) electrons. The van der Waals surface area contributed by atoms with Gasteiger partial charge in [-0.05, 0) is 36.5 Å². The van der Waals surface area contributed by atoms with Gasteiger partial charge in [-0.2, -0.15) is 4.99 Å². The second kappa shape index (κ2) is 7.81. The summed E-state index contributed by atoms with van der Waals surface area (Å²) in [6.07, 6.45) is 1.91. The maximum absolute atomic E-state index is 10.4. The second-order valence-corrected chi connectivity index (χ2v) is 4.49. The highest BCUT2D eigenvalue weighted by molar-refractivity contribution is 5.55. The Morgan fingerprint density at radius 3 is 2.53 bits per heavy atom. The molecule has 0 amide bonds. The summed E-state index contributed by atoms with van der Waals surface area (Å²) < 4.78 is 0. The number of nitrogens with zero attached hydrogens (tertiary/aromatic N) is 1. The highest BCUT2D eigenvalue weighted by atomic mass is 16.3. The number of aliphatic imine (C=N–C) groups is 1. The van der Waals surface area contributed by atoms with E-state index in [1.165, 1.54) is 6.08 Å². The molecule has 0 fully saturated rings. The van der Waals surface area contributed by atoms with Crippen molar-refractivity contribution >= 4 is 11.8 Å². The topological polar surface area (TPSA) is 90.1 Å². The van der Waals surface area contributed by atoms with Gasteiger partial charge < -0.3 is 15.3 Å². The third kappa shape index (κ3) is 3.98. The third-order valence-corrected chi connectivity index (χ3v) is 3.33. The first-order chi connectivity index (χ1) is 9.17. The van der Waals surface area contributed by atoms with E-state index >= 15 is 0 Å². The molecular formula is C14H19NO4. The molecule has 0 saturated carbocycles. The van der Waals surface area contributed by atoms with Gasteiger partial charge in [-0.3, -0.25) is 0 Å². The van der Waals surface area contributed by atoms with E-state index in [4.69, 9.17) is 5.11 Å². The van der Waals surface area contributed by atoms with Crippen molar-refractivity contribution in [2.24, 2.45) is 10.9 Å². The molecule has 104 valence electrons. The summed E-state index contributed by atoms with van der Waals surface area (Å²) in [7, 11) is 0. The van der Waals surface area contributed by atoms with Gasteiger partial charge in [-0.25, -0.2) is 4.79 Å². The van der Waals surface area contributed by atoms with Crippen LogP contribution in [0.5, 0.6) is 0 Å². The number of benzene rings is 1. The molecule has 0 bridgehead atoms. The molecule has 5 nitrogen and oxygen atoms in total. The van der Waals surface area contributed by atoms with Crippen molar-refractivity contribution in [2.45, 2.75) is 19.3 Å².